The van der Waals surface area contributed by atoms with E-state index in [1.165, 1.54) is 24.6 Å². The van der Waals surface area contributed by atoms with Gasteiger partial charge in [0.05, 0.1) is 17.2 Å². The molecule has 2 unspecified atom stereocenters. The summed E-state index contributed by atoms with van der Waals surface area (Å²) in [5.41, 5.74) is 6.93. The number of carbonyl (C=O) groups is 1. The van der Waals surface area contributed by atoms with Crippen LogP contribution in [0.3, 0.4) is 0 Å². The van der Waals surface area contributed by atoms with Crippen LogP contribution in [0.4, 0.5) is 0 Å². The molecule has 1 heterocycles. The van der Waals surface area contributed by atoms with Crippen LogP contribution in [0.1, 0.15) is 25.7 Å². The van der Waals surface area contributed by atoms with Crippen LogP contribution in [-0.4, -0.2) is 28.7 Å². The Morgan fingerprint density at radius 3 is 2.84 bits per heavy atom. The van der Waals surface area contributed by atoms with Crippen molar-refractivity contribution in [2.24, 2.45) is 11.7 Å². The van der Waals surface area contributed by atoms with Crippen LogP contribution in [0, 0.1) is 5.92 Å². The van der Waals surface area contributed by atoms with Crippen LogP contribution >= 0.6 is 23.4 Å². The molecular formula is C18H22ClN3O2S. The summed E-state index contributed by atoms with van der Waals surface area (Å²) >= 11 is 7.38. The van der Waals surface area contributed by atoms with Gasteiger partial charge in [-0.25, -0.2) is 4.98 Å². The minimum Gasteiger partial charge on any atom is -0.440 e. The van der Waals surface area contributed by atoms with Crippen molar-refractivity contribution in [1.29, 1.82) is 0 Å². The van der Waals surface area contributed by atoms with Crippen molar-refractivity contribution >= 4 is 29.3 Å². The van der Waals surface area contributed by atoms with Gasteiger partial charge in [0.2, 0.25) is 11.8 Å². The summed E-state index contributed by atoms with van der Waals surface area (Å²) in [5, 5.41) is 3.43. The molecule has 1 aromatic carbocycles. The molecule has 2 aromatic rings. The second-order valence-electron chi connectivity index (χ2n) is 6.32. The number of nitrogens with zero attached hydrogens (tertiary/aromatic N) is 1. The molecule has 0 bridgehead atoms. The molecule has 0 radical (unpaired) electrons. The molecule has 5 nitrogen and oxygen atoms in total. The van der Waals surface area contributed by atoms with Crippen molar-refractivity contribution < 1.29 is 9.21 Å². The molecule has 2 atom stereocenters. The lowest BCUT2D eigenvalue weighted by molar-refractivity contribution is -0.120. The smallest absolute Gasteiger partial charge is 0.232 e. The summed E-state index contributed by atoms with van der Waals surface area (Å²) in [6.07, 6.45) is 4.06. The number of hydrogen-bond acceptors (Lipinski definition) is 5. The zero-order valence-corrected chi connectivity index (χ0v) is 15.6. The Balaban J connectivity index is 1.46. The van der Waals surface area contributed by atoms with Crippen molar-refractivity contribution in [1.82, 2.24) is 10.3 Å². The van der Waals surface area contributed by atoms with Crippen LogP contribution in [0.2, 0.25) is 5.02 Å². The van der Waals surface area contributed by atoms with E-state index in [9.17, 15) is 4.79 Å². The highest BCUT2D eigenvalue weighted by Crippen LogP contribution is 2.31. The summed E-state index contributed by atoms with van der Waals surface area (Å²) in [6, 6.07) is 7.48. The fourth-order valence-electron chi connectivity index (χ4n) is 2.45. The molecule has 1 aliphatic rings. The van der Waals surface area contributed by atoms with Gasteiger partial charge in [0.1, 0.15) is 0 Å². The fourth-order valence-corrected chi connectivity index (χ4v) is 3.34. The number of carbonyl (C=O) groups excluding carboxylic acids is 1. The summed E-state index contributed by atoms with van der Waals surface area (Å²) in [7, 11) is 0. The number of oxazole rings is 1. The number of nitrogens with one attached hydrogen (secondary N) is 1. The number of amides is 1. The third-order valence-corrected chi connectivity index (χ3v) is 5.63. The first-order valence-electron chi connectivity index (χ1n) is 8.38. The number of hydrogen-bond donors (Lipinski definition) is 2. The van der Waals surface area contributed by atoms with Crippen molar-refractivity contribution in [3.63, 3.8) is 0 Å². The van der Waals surface area contributed by atoms with Gasteiger partial charge in [-0.1, -0.05) is 11.6 Å². The van der Waals surface area contributed by atoms with Gasteiger partial charge in [-0.05, 0) is 49.9 Å². The summed E-state index contributed by atoms with van der Waals surface area (Å²) in [5.74, 6) is 2.42. The van der Waals surface area contributed by atoms with Crippen LogP contribution in [0.25, 0.3) is 11.3 Å². The van der Waals surface area contributed by atoms with Crippen LogP contribution in [0.15, 0.2) is 34.9 Å². The first kappa shape index (κ1) is 18.3. The fraction of sp³-hybridized carbons (Fsp3) is 0.444. The molecular weight excluding hydrogens is 358 g/mol. The Morgan fingerprint density at radius 1 is 1.44 bits per heavy atom. The van der Waals surface area contributed by atoms with E-state index in [1.807, 2.05) is 31.2 Å². The molecule has 134 valence electrons. The molecule has 0 aliphatic heterocycles. The minimum atomic E-state index is -0.183. The van der Waals surface area contributed by atoms with Gasteiger partial charge < -0.3 is 15.5 Å². The highest BCUT2D eigenvalue weighted by atomic mass is 35.5. The zero-order chi connectivity index (χ0) is 17.8. The molecule has 3 rings (SSSR count). The number of aromatic nitrogens is 1. The second-order valence-corrected chi connectivity index (χ2v) is 8.09. The van der Waals surface area contributed by atoms with E-state index in [2.05, 4.69) is 10.3 Å². The Morgan fingerprint density at radius 2 is 2.16 bits per heavy atom. The Labute approximate surface area is 156 Å². The van der Waals surface area contributed by atoms with E-state index in [0.29, 0.717) is 34.9 Å². The summed E-state index contributed by atoms with van der Waals surface area (Å²) in [4.78, 5) is 16.4. The monoisotopic (exact) mass is 379 g/mol. The van der Waals surface area contributed by atoms with Gasteiger partial charge in [0, 0.05) is 23.2 Å². The number of rotatable bonds is 8. The zero-order valence-electron chi connectivity index (χ0n) is 14.1. The van der Waals surface area contributed by atoms with Crippen molar-refractivity contribution in [2.75, 3.05) is 6.54 Å². The number of halogens is 1. The van der Waals surface area contributed by atoms with Crippen molar-refractivity contribution in [3.8, 4) is 11.3 Å². The average molecular weight is 380 g/mol. The maximum Gasteiger partial charge on any atom is 0.232 e. The Bertz CT molecular complexity index is 715. The highest BCUT2D eigenvalue weighted by Gasteiger charge is 2.28. The van der Waals surface area contributed by atoms with Gasteiger partial charge in [-0.3, -0.25) is 4.79 Å². The van der Waals surface area contributed by atoms with Gasteiger partial charge >= 0.3 is 0 Å². The first-order valence-corrected chi connectivity index (χ1v) is 9.81. The van der Waals surface area contributed by atoms with Gasteiger partial charge in [0.15, 0.2) is 5.76 Å². The molecule has 1 aromatic heterocycles. The third-order valence-electron chi connectivity index (χ3n) is 4.25. The van der Waals surface area contributed by atoms with E-state index in [1.54, 1.807) is 6.20 Å². The number of benzene rings is 1. The van der Waals surface area contributed by atoms with E-state index in [0.717, 1.165) is 5.56 Å². The molecule has 7 heteroatoms. The molecule has 1 saturated carbocycles. The summed E-state index contributed by atoms with van der Waals surface area (Å²) in [6.45, 7) is 2.43. The topological polar surface area (TPSA) is 81.2 Å². The quantitative estimate of drug-likeness (QED) is 0.733. The van der Waals surface area contributed by atoms with Crippen LogP contribution < -0.4 is 11.1 Å². The molecule has 1 aliphatic carbocycles. The molecule has 0 saturated heterocycles. The first-order chi connectivity index (χ1) is 12.0. The molecule has 1 fully saturated rings. The maximum atomic E-state index is 12.1. The van der Waals surface area contributed by atoms with Crippen molar-refractivity contribution in [3.05, 3.63) is 41.4 Å². The largest absolute Gasteiger partial charge is 0.440 e. The summed E-state index contributed by atoms with van der Waals surface area (Å²) < 4.78 is 5.75. The van der Waals surface area contributed by atoms with Gasteiger partial charge in [-0.2, -0.15) is 0 Å². The molecule has 3 N–H and O–H groups in total. The lowest BCUT2D eigenvalue weighted by Gasteiger charge is -2.14. The van der Waals surface area contributed by atoms with Gasteiger partial charge in [-0.15, -0.1) is 11.8 Å². The second kappa shape index (κ2) is 8.25. The predicted molar refractivity (Wildman–Crippen MR) is 101 cm³/mol. The lowest BCUT2D eigenvalue weighted by Crippen LogP contribution is -2.41. The Hall–Kier alpha value is -1.50. The van der Waals surface area contributed by atoms with E-state index in [4.69, 9.17) is 21.8 Å². The lowest BCUT2D eigenvalue weighted by atomic mass is 10.2. The molecule has 25 heavy (non-hydrogen) atoms. The highest BCUT2D eigenvalue weighted by molar-refractivity contribution is 7.99. The van der Waals surface area contributed by atoms with Gasteiger partial charge in [0.25, 0.3) is 0 Å². The average Bonchev–Trinajstić information content (AvgIpc) is 3.36. The van der Waals surface area contributed by atoms with E-state index in [-0.39, 0.29) is 17.2 Å². The van der Waals surface area contributed by atoms with Crippen LogP contribution in [0.5, 0.6) is 0 Å². The standard InChI is InChI=1S/C18H22ClN3O2S/c1-11(18(23)22-8-15(20)12-2-3-12)25-10-17-21-9-16(24-17)13-4-6-14(19)7-5-13/h4-7,9,11-12,15H,2-3,8,10,20H2,1H3,(H,22,23). The van der Waals surface area contributed by atoms with Crippen molar-refractivity contribution in [2.45, 2.75) is 36.8 Å². The maximum absolute atomic E-state index is 12.1. The number of thioether (sulfide) groups is 1. The van der Waals surface area contributed by atoms with E-state index < -0.39 is 0 Å². The molecule has 1 amide bonds. The predicted octanol–water partition coefficient (Wildman–Crippen LogP) is 3.47. The van der Waals surface area contributed by atoms with Crippen LogP contribution in [-0.2, 0) is 10.5 Å². The minimum absolute atomic E-state index is 0.00517. The number of nitrogens with two attached hydrogens (primary N) is 1. The van der Waals surface area contributed by atoms with E-state index >= 15 is 0 Å². The normalized spacial score (nSPS) is 16.4. The molecule has 0 spiro atoms. The Kier molecular flexibility index (Phi) is 6.04. The third kappa shape index (κ3) is 5.23. The SMILES string of the molecule is CC(SCc1ncc(-c2ccc(Cl)cc2)o1)C(=O)NCC(N)C1CC1.